The average Bonchev–Trinajstić information content (AvgIpc) is 2.16. The smallest absolute Gasteiger partial charge is 0.00223 e. The van der Waals surface area contributed by atoms with Crippen LogP contribution in [0.15, 0.2) is 0 Å². The zero-order valence-electron chi connectivity index (χ0n) is 10.3. The molecule has 1 atom stereocenters. The van der Waals surface area contributed by atoms with Gasteiger partial charge in [-0.15, -0.1) is 0 Å². The number of hydrogen-bond donors (Lipinski definition) is 0. The summed E-state index contributed by atoms with van der Waals surface area (Å²) in [7, 11) is 4.35. The lowest BCUT2D eigenvalue weighted by Gasteiger charge is -2.25. The minimum Gasteiger partial charge on any atom is -0.309 e. The number of rotatable bonds is 5. The van der Waals surface area contributed by atoms with Gasteiger partial charge in [0.25, 0.3) is 0 Å². The van der Waals surface area contributed by atoms with Crippen molar-refractivity contribution in [2.45, 2.75) is 51.9 Å². The maximum Gasteiger partial charge on any atom is -0.00223 e. The Hall–Kier alpha value is -0.0400. The molecule has 0 radical (unpaired) electrons. The largest absolute Gasteiger partial charge is 0.309 e. The minimum absolute atomic E-state index is 0.931. The summed E-state index contributed by atoms with van der Waals surface area (Å²) in [6.45, 7) is 3.69. The molecule has 1 unspecified atom stereocenters. The number of hydrogen-bond acceptors (Lipinski definition) is 1. The van der Waals surface area contributed by atoms with Gasteiger partial charge in [-0.3, -0.25) is 0 Å². The van der Waals surface area contributed by atoms with E-state index >= 15 is 0 Å². The molecule has 84 valence electrons. The first-order valence-electron chi connectivity index (χ1n) is 6.33. The van der Waals surface area contributed by atoms with Crippen LogP contribution in [-0.4, -0.2) is 25.5 Å². The van der Waals surface area contributed by atoms with Crippen LogP contribution < -0.4 is 0 Å². The molecule has 14 heavy (non-hydrogen) atoms. The lowest BCUT2D eigenvalue weighted by atomic mass is 9.82. The van der Waals surface area contributed by atoms with E-state index < -0.39 is 0 Å². The quantitative estimate of drug-likeness (QED) is 0.651. The molecular formula is C13H27N. The predicted molar refractivity (Wildman–Crippen MR) is 63.5 cm³/mol. The molecule has 1 heteroatoms. The van der Waals surface area contributed by atoms with Gasteiger partial charge in [-0.2, -0.15) is 0 Å². The number of nitrogens with zero attached hydrogens (tertiary/aromatic N) is 1. The molecular weight excluding hydrogens is 170 g/mol. The first-order chi connectivity index (χ1) is 6.68. The van der Waals surface area contributed by atoms with Crippen molar-refractivity contribution in [3.8, 4) is 0 Å². The highest BCUT2D eigenvalue weighted by atomic mass is 15.0. The first-order valence-corrected chi connectivity index (χ1v) is 6.33. The Labute approximate surface area is 89.9 Å². The molecule has 0 aromatic carbocycles. The molecule has 1 fully saturated rings. The van der Waals surface area contributed by atoms with E-state index in [1.54, 1.807) is 0 Å². The average molecular weight is 197 g/mol. The Kier molecular flexibility index (Phi) is 5.54. The van der Waals surface area contributed by atoms with Crippen LogP contribution in [0.5, 0.6) is 0 Å². The van der Waals surface area contributed by atoms with Crippen molar-refractivity contribution < 1.29 is 0 Å². The van der Waals surface area contributed by atoms with Crippen LogP contribution in [0.4, 0.5) is 0 Å². The summed E-state index contributed by atoms with van der Waals surface area (Å²) in [5, 5.41) is 0. The van der Waals surface area contributed by atoms with Gasteiger partial charge in [-0.05, 0) is 45.3 Å². The highest BCUT2D eigenvalue weighted by Gasteiger charge is 2.16. The second-order valence-corrected chi connectivity index (χ2v) is 5.44. The van der Waals surface area contributed by atoms with E-state index in [9.17, 15) is 0 Å². The van der Waals surface area contributed by atoms with Gasteiger partial charge in [0.05, 0.1) is 0 Å². The Bertz CT molecular complexity index is 136. The molecule has 0 aromatic heterocycles. The van der Waals surface area contributed by atoms with E-state index in [2.05, 4.69) is 25.9 Å². The van der Waals surface area contributed by atoms with Gasteiger partial charge in [-0.25, -0.2) is 0 Å². The third-order valence-electron chi connectivity index (χ3n) is 3.53. The van der Waals surface area contributed by atoms with Crippen molar-refractivity contribution in [2.24, 2.45) is 11.8 Å². The lowest BCUT2D eigenvalue weighted by molar-refractivity contribution is 0.271. The van der Waals surface area contributed by atoms with Crippen molar-refractivity contribution in [1.29, 1.82) is 0 Å². The van der Waals surface area contributed by atoms with Gasteiger partial charge in [0.2, 0.25) is 0 Å². The van der Waals surface area contributed by atoms with E-state index in [0.29, 0.717) is 0 Å². The standard InChI is InChI=1S/C13H27N/c1-12(9-10-14(2)3)11-13-7-5-4-6-8-13/h12-13H,4-11H2,1-3H3. The van der Waals surface area contributed by atoms with E-state index in [0.717, 1.165) is 11.8 Å². The molecule has 1 aliphatic rings. The van der Waals surface area contributed by atoms with Crippen LogP contribution in [0, 0.1) is 11.8 Å². The maximum absolute atomic E-state index is 2.43. The summed E-state index contributed by atoms with van der Waals surface area (Å²) in [6, 6.07) is 0. The van der Waals surface area contributed by atoms with Crippen LogP contribution in [0.3, 0.4) is 0 Å². The molecule has 0 aromatic rings. The molecule has 0 bridgehead atoms. The van der Waals surface area contributed by atoms with Crippen LogP contribution >= 0.6 is 0 Å². The van der Waals surface area contributed by atoms with Gasteiger partial charge in [0.1, 0.15) is 0 Å². The fourth-order valence-corrected chi connectivity index (χ4v) is 2.59. The third kappa shape index (κ3) is 4.99. The molecule has 1 nitrogen and oxygen atoms in total. The van der Waals surface area contributed by atoms with Crippen LogP contribution in [0.25, 0.3) is 0 Å². The van der Waals surface area contributed by atoms with E-state index in [1.165, 1.54) is 51.5 Å². The monoisotopic (exact) mass is 197 g/mol. The molecule has 0 spiro atoms. The SMILES string of the molecule is CC(CCN(C)C)CC1CCCCC1. The minimum atomic E-state index is 0.931. The van der Waals surface area contributed by atoms with Crippen LogP contribution in [0.1, 0.15) is 51.9 Å². The van der Waals surface area contributed by atoms with Gasteiger partial charge in [0.15, 0.2) is 0 Å². The molecule has 0 saturated heterocycles. The van der Waals surface area contributed by atoms with Crippen molar-refractivity contribution >= 4 is 0 Å². The summed E-state index contributed by atoms with van der Waals surface area (Å²) in [6.07, 6.45) is 10.3. The zero-order valence-corrected chi connectivity index (χ0v) is 10.3. The van der Waals surface area contributed by atoms with Crippen molar-refractivity contribution in [3.05, 3.63) is 0 Å². The van der Waals surface area contributed by atoms with E-state index in [-0.39, 0.29) is 0 Å². The van der Waals surface area contributed by atoms with Crippen molar-refractivity contribution in [1.82, 2.24) is 4.90 Å². The summed E-state index contributed by atoms with van der Waals surface area (Å²) in [5.74, 6) is 1.99. The predicted octanol–water partition coefficient (Wildman–Crippen LogP) is 3.54. The fraction of sp³-hybridized carbons (Fsp3) is 1.00. The molecule has 0 amide bonds. The zero-order chi connectivity index (χ0) is 10.4. The molecule has 1 aliphatic carbocycles. The Morgan fingerprint density at radius 1 is 1.14 bits per heavy atom. The van der Waals surface area contributed by atoms with E-state index in [1.807, 2.05) is 0 Å². The molecule has 0 aliphatic heterocycles. The Balaban J connectivity index is 2.09. The van der Waals surface area contributed by atoms with Gasteiger partial charge in [-0.1, -0.05) is 39.0 Å². The molecule has 0 N–H and O–H groups in total. The highest BCUT2D eigenvalue weighted by Crippen LogP contribution is 2.29. The maximum atomic E-state index is 2.43. The van der Waals surface area contributed by atoms with Crippen LogP contribution in [0.2, 0.25) is 0 Å². The summed E-state index contributed by atoms with van der Waals surface area (Å²) >= 11 is 0. The highest BCUT2D eigenvalue weighted by molar-refractivity contribution is 4.69. The Morgan fingerprint density at radius 3 is 2.36 bits per heavy atom. The van der Waals surface area contributed by atoms with Crippen molar-refractivity contribution in [3.63, 3.8) is 0 Å². The second kappa shape index (κ2) is 6.44. The molecule has 1 saturated carbocycles. The third-order valence-corrected chi connectivity index (χ3v) is 3.53. The van der Waals surface area contributed by atoms with Crippen molar-refractivity contribution in [2.75, 3.05) is 20.6 Å². The summed E-state index contributed by atoms with van der Waals surface area (Å²) < 4.78 is 0. The topological polar surface area (TPSA) is 3.24 Å². The molecule has 1 rings (SSSR count). The summed E-state index contributed by atoms with van der Waals surface area (Å²) in [5.41, 5.74) is 0. The van der Waals surface area contributed by atoms with Gasteiger partial charge < -0.3 is 4.90 Å². The molecule has 0 heterocycles. The Morgan fingerprint density at radius 2 is 1.79 bits per heavy atom. The normalized spacial score (nSPS) is 21.4. The summed E-state index contributed by atoms with van der Waals surface area (Å²) in [4.78, 5) is 2.30. The van der Waals surface area contributed by atoms with Gasteiger partial charge >= 0.3 is 0 Å². The first kappa shape index (κ1) is 12.0. The second-order valence-electron chi connectivity index (χ2n) is 5.44. The fourth-order valence-electron chi connectivity index (χ4n) is 2.59. The van der Waals surface area contributed by atoms with E-state index in [4.69, 9.17) is 0 Å². The van der Waals surface area contributed by atoms with Gasteiger partial charge in [0, 0.05) is 0 Å². The lowest BCUT2D eigenvalue weighted by Crippen LogP contribution is -2.17. The van der Waals surface area contributed by atoms with Crippen LogP contribution in [-0.2, 0) is 0 Å².